The maximum Gasteiger partial charge on any atom is 0.182 e. The maximum atomic E-state index is 14.2. The molecule has 31 heavy (non-hydrogen) atoms. The molecule has 4 rings (SSSR count). The summed E-state index contributed by atoms with van der Waals surface area (Å²) in [5, 5.41) is 7.86. The number of anilines is 3. The van der Waals surface area contributed by atoms with Crippen molar-refractivity contribution < 1.29 is 9.13 Å². The third kappa shape index (κ3) is 4.45. The third-order valence-corrected chi connectivity index (χ3v) is 4.64. The Morgan fingerprint density at radius 2 is 1.90 bits per heavy atom. The number of methoxy groups -OCH3 is 1. The highest BCUT2D eigenvalue weighted by molar-refractivity contribution is 5.65. The van der Waals surface area contributed by atoms with Gasteiger partial charge in [-0.3, -0.25) is 4.98 Å². The number of aromatic nitrogens is 5. The predicted molar refractivity (Wildman–Crippen MR) is 117 cm³/mol. The molecular weight excluding hydrogens is 397 g/mol. The summed E-state index contributed by atoms with van der Waals surface area (Å²) < 4.78 is 21.3. The number of pyridine rings is 1. The fourth-order valence-corrected chi connectivity index (χ4v) is 3.09. The maximum absolute atomic E-state index is 14.2. The van der Waals surface area contributed by atoms with Gasteiger partial charge in [-0.25, -0.2) is 19.0 Å². The number of hydrogen-bond donors (Lipinski definition) is 1. The van der Waals surface area contributed by atoms with Gasteiger partial charge in [0.15, 0.2) is 17.4 Å². The summed E-state index contributed by atoms with van der Waals surface area (Å²) >= 11 is 0. The minimum absolute atomic E-state index is 0.270. The molecule has 9 heteroatoms. The number of rotatable bonds is 7. The molecule has 0 fully saturated rings. The lowest BCUT2D eigenvalue weighted by atomic mass is 10.2. The number of nitrogens with one attached hydrogen (secondary N) is 1. The molecule has 0 atom stereocenters. The van der Waals surface area contributed by atoms with Crippen LogP contribution < -0.4 is 15.0 Å². The van der Waals surface area contributed by atoms with E-state index in [-0.39, 0.29) is 5.82 Å². The van der Waals surface area contributed by atoms with Crippen LogP contribution in [0.25, 0.3) is 11.5 Å². The van der Waals surface area contributed by atoms with Crippen molar-refractivity contribution in [3.8, 4) is 17.3 Å². The van der Waals surface area contributed by atoms with Gasteiger partial charge in [-0.05, 0) is 18.2 Å². The normalized spacial score (nSPS) is 10.7. The first-order chi connectivity index (χ1) is 15.0. The van der Waals surface area contributed by atoms with Crippen molar-refractivity contribution in [2.24, 2.45) is 0 Å². The van der Waals surface area contributed by atoms with Crippen molar-refractivity contribution in [3.05, 3.63) is 72.4 Å². The number of halogens is 1. The Bertz CT molecular complexity index is 1180. The Morgan fingerprint density at radius 3 is 2.61 bits per heavy atom. The lowest BCUT2D eigenvalue weighted by Crippen LogP contribution is -2.16. The molecule has 0 aliphatic carbocycles. The van der Waals surface area contributed by atoms with E-state index in [1.54, 1.807) is 42.5 Å². The monoisotopic (exact) mass is 419 g/mol. The van der Waals surface area contributed by atoms with Gasteiger partial charge < -0.3 is 15.0 Å². The van der Waals surface area contributed by atoms with Crippen molar-refractivity contribution in [2.45, 2.75) is 6.54 Å². The molecule has 0 aliphatic rings. The summed E-state index contributed by atoms with van der Waals surface area (Å²) in [6, 6.07) is 12.2. The average molecular weight is 419 g/mol. The molecule has 0 spiro atoms. The number of nitrogens with zero attached hydrogens (tertiary/aromatic N) is 6. The van der Waals surface area contributed by atoms with Crippen LogP contribution in [0.2, 0.25) is 0 Å². The van der Waals surface area contributed by atoms with E-state index in [0.717, 1.165) is 11.5 Å². The smallest absolute Gasteiger partial charge is 0.182 e. The van der Waals surface area contributed by atoms with Crippen LogP contribution in [0.3, 0.4) is 0 Å². The molecule has 1 N–H and O–H groups in total. The molecule has 0 radical (unpaired) electrons. The highest BCUT2D eigenvalue weighted by atomic mass is 19.1. The lowest BCUT2D eigenvalue weighted by molar-refractivity contribution is 0.413. The van der Waals surface area contributed by atoms with Gasteiger partial charge in [0.2, 0.25) is 0 Å². The fraction of sp³-hybridized carbons (Fsp3) is 0.182. The Labute approximate surface area is 179 Å². The summed E-state index contributed by atoms with van der Waals surface area (Å²) in [6.45, 7) is 0.290. The van der Waals surface area contributed by atoms with Crippen LogP contribution in [0.1, 0.15) is 5.56 Å². The van der Waals surface area contributed by atoms with Crippen LogP contribution in [-0.2, 0) is 6.54 Å². The van der Waals surface area contributed by atoms with E-state index in [4.69, 9.17) is 4.74 Å². The van der Waals surface area contributed by atoms with E-state index in [9.17, 15) is 4.39 Å². The van der Waals surface area contributed by atoms with E-state index in [1.165, 1.54) is 6.07 Å². The highest BCUT2D eigenvalue weighted by Crippen LogP contribution is 2.28. The molecular formula is C22H22FN7O. The summed E-state index contributed by atoms with van der Waals surface area (Å²) in [7, 11) is 5.37. The van der Waals surface area contributed by atoms with Gasteiger partial charge in [-0.1, -0.05) is 18.2 Å². The van der Waals surface area contributed by atoms with Crippen molar-refractivity contribution in [2.75, 3.05) is 31.4 Å². The van der Waals surface area contributed by atoms with Crippen molar-refractivity contribution in [3.63, 3.8) is 0 Å². The molecule has 1 aromatic carbocycles. The first-order valence-electron chi connectivity index (χ1n) is 9.62. The first-order valence-corrected chi connectivity index (χ1v) is 9.62. The molecule has 3 heterocycles. The zero-order valence-electron chi connectivity index (χ0n) is 17.5. The lowest BCUT2D eigenvalue weighted by Gasteiger charge is -2.14. The SMILES string of the molecule is COc1cnc(-c2cc(N(C)C)n(Cc3ccccc3F)n2)nc1Nc1ccncc1. The standard InChI is InChI=1S/C22H22FN7O/c1-29(2)20-12-18(28-30(20)14-15-6-4-5-7-17(15)23)21-25-13-19(31-3)22(27-21)26-16-8-10-24-11-9-16/h4-13H,14H2,1-3H3,(H,24,25,26,27). The largest absolute Gasteiger partial charge is 0.491 e. The highest BCUT2D eigenvalue weighted by Gasteiger charge is 2.17. The molecule has 0 unspecified atom stereocenters. The third-order valence-electron chi connectivity index (χ3n) is 4.64. The van der Waals surface area contributed by atoms with Gasteiger partial charge in [-0.15, -0.1) is 0 Å². The summed E-state index contributed by atoms with van der Waals surface area (Å²) in [5.74, 6) is 1.97. The van der Waals surface area contributed by atoms with Gasteiger partial charge in [0.05, 0.1) is 19.9 Å². The van der Waals surface area contributed by atoms with E-state index >= 15 is 0 Å². The molecule has 158 valence electrons. The van der Waals surface area contributed by atoms with Crippen LogP contribution in [0.4, 0.5) is 21.7 Å². The van der Waals surface area contributed by atoms with E-state index in [1.807, 2.05) is 43.3 Å². The first kappa shape index (κ1) is 20.3. The topological polar surface area (TPSA) is 81.0 Å². The van der Waals surface area contributed by atoms with Gasteiger partial charge in [0.25, 0.3) is 0 Å². The van der Waals surface area contributed by atoms with Gasteiger partial charge in [0, 0.05) is 43.8 Å². The Hall–Kier alpha value is -4.01. The Balaban J connectivity index is 1.70. The van der Waals surface area contributed by atoms with Crippen LogP contribution in [0.5, 0.6) is 5.75 Å². The second-order valence-electron chi connectivity index (χ2n) is 7.00. The quantitative estimate of drug-likeness (QED) is 0.489. The van der Waals surface area contributed by atoms with Crippen LogP contribution in [-0.4, -0.2) is 45.9 Å². The molecule has 0 amide bonds. The van der Waals surface area contributed by atoms with E-state index in [0.29, 0.717) is 35.2 Å². The molecule has 0 bridgehead atoms. The molecule has 0 aliphatic heterocycles. The average Bonchev–Trinajstić information content (AvgIpc) is 3.20. The zero-order chi connectivity index (χ0) is 21.8. The second kappa shape index (κ2) is 8.78. The number of benzene rings is 1. The fourth-order valence-electron chi connectivity index (χ4n) is 3.09. The van der Waals surface area contributed by atoms with Crippen LogP contribution in [0, 0.1) is 5.82 Å². The molecule has 0 saturated carbocycles. The zero-order valence-corrected chi connectivity index (χ0v) is 17.5. The molecule has 8 nitrogen and oxygen atoms in total. The minimum atomic E-state index is -0.270. The number of hydrogen-bond acceptors (Lipinski definition) is 7. The van der Waals surface area contributed by atoms with E-state index in [2.05, 4.69) is 25.4 Å². The summed E-state index contributed by atoms with van der Waals surface area (Å²) in [4.78, 5) is 14.9. The van der Waals surface area contributed by atoms with Gasteiger partial charge >= 0.3 is 0 Å². The van der Waals surface area contributed by atoms with Gasteiger partial charge in [-0.2, -0.15) is 5.10 Å². The Morgan fingerprint density at radius 1 is 1.13 bits per heavy atom. The minimum Gasteiger partial charge on any atom is -0.491 e. The van der Waals surface area contributed by atoms with Crippen molar-refractivity contribution >= 4 is 17.3 Å². The Kier molecular flexibility index (Phi) is 5.74. The van der Waals surface area contributed by atoms with Crippen molar-refractivity contribution in [1.29, 1.82) is 0 Å². The van der Waals surface area contributed by atoms with Crippen LogP contribution >= 0.6 is 0 Å². The summed E-state index contributed by atoms with van der Waals surface area (Å²) in [5.41, 5.74) is 1.94. The van der Waals surface area contributed by atoms with Crippen LogP contribution in [0.15, 0.2) is 61.1 Å². The molecule has 3 aromatic heterocycles. The van der Waals surface area contributed by atoms with Crippen molar-refractivity contribution in [1.82, 2.24) is 24.7 Å². The van der Waals surface area contributed by atoms with E-state index < -0.39 is 0 Å². The molecule has 0 saturated heterocycles. The second-order valence-corrected chi connectivity index (χ2v) is 7.00. The summed E-state index contributed by atoms with van der Waals surface area (Å²) in [6.07, 6.45) is 4.96. The predicted octanol–water partition coefficient (Wildman–Crippen LogP) is 3.74. The van der Waals surface area contributed by atoms with Gasteiger partial charge in [0.1, 0.15) is 17.3 Å². The molecule has 4 aromatic rings. The number of ether oxygens (including phenoxy) is 1.